The Morgan fingerprint density at radius 1 is 1.30 bits per heavy atom. The summed E-state index contributed by atoms with van der Waals surface area (Å²) in [5.41, 5.74) is 0.898. The summed E-state index contributed by atoms with van der Waals surface area (Å²) >= 11 is 3.52. The van der Waals surface area contributed by atoms with Crippen LogP contribution in [0, 0.1) is 0 Å². The number of carbonyl (C=O) groups excluding carboxylic acids is 1. The monoisotopic (exact) mass is 406 g/mol. The second-order valence-corrected chi connectivity index (χ2v) is 6.04. The van der Waals surface area contributed by atoms with Crippen LogP contribution in [0.1, 0.15) is 25.8 Å². The topological polar surface area (TPSA) is 59.6 Å². The van der Waals surface area contributed by atoms with Crippen LogP contribution in [0.4, 0.5) is 0 Å². The number of carbonyl (C=O) groups is 1. The van der Waals surface area contributed by atoms with Crippen LogP contribution in [0.5, 0.6) is 11.5 Å². The van der Waals surface area contributed by atoms with Crippen LogP contribution < -0.4 is 20.1 Å². The lowest BCUT2D eigenvalue weighted by atomic mass is 10.1. The molecule has 2 rings (SSSR count). The average Bonchev–Trinajstić information content (AvgIpc) is 2.97. The highest BCUT2D eigenvalue weighted by atomic mass is 79.9. The summed E-state index contributed by atoms with van der Waals surface area (Å²) < 4.78 is 12.0. The molecular weight excluding hydrogens is 384 g/mol. The maximum Gasteiger partial charge on any atom is 0.224 e. The summed E-state index contributed by atoms with van der Waals surface area (Å²) in [6.07, 6.45) is 1.31. The Hall–Kier alpha value is -0.980. The van der Waals surface area contributed by atoms with Crippen LogP contribution in [-0.2, 0) is 11.2 Å². The van der Waals surface area contributed by atoms with Gasteiger partial charge in [-0.25, -0.2) is 0 Å². The minimum absolute atomic E-state index is 0. The van der Waals surface area contributed by atoms with E-state index in [2.05, 4.69) is 26.6 Å². The molecule has 23 heavy (non-hydrogen) atoms. The van der Waals surface area contributed by atoms with Crippen LogP contribution in [0.2, 0.25) is 0 Å². The molecule has 130 valence electrons. The molecule has 0 spiro atoms. The van der Waals surface area contributed by atoms with E-state index in [0.29, 0.717) is 31.1 Å². The van der Waals surface area contributed by atoms with Gasteiger partial charge in [0, 0.05) is 17.1 Å². The van der Waals surface area contributed by atoms with Gasteiger partial charge >= 0.3 is 0 Å². The van der Waals surface area contributed by atoms with E-state index in [1.807, 2.05) is 26.0 Å². The lowest BCUT2D eigenvalue weighted by molar-refractivity contribution is -0.121. The number of nitrogens with one attached hydrogen (secondary N) is 2. The van der Waals surface area contributed by atoms with E-state index in [4.69, 9.17) is 9.47 Å². The predicted molar refractivity (Wildman–Crippen MR) is 96.8 cm³/mol. The number of benzene rings is 1. The Kier molecular flexibility index (Phi) is 8.73. The molecule has 1 amide bonds. The van der Waals surface area contributed by atoms with Gasteiger partial charge in [0.05, 0.1) is 19.6 Å². The molecule has 0 aliphatic carbocycles. The van der Waals surface area contributed by atoms with Crippen molar-refractivity contribution in [1.82, 2.24) is 10.6 Å². The molecular formula is C16H24BrClN2O3. The fraction of sp³-hybridized carbons (Fsp3) is 0.562. The van der Waals surface area contributed by atoms with Crippen molar-refractivity contribution in [2.75, 3.05) is 26.3 Å². The zero-order valence-corrected chi connectivity index (χ0v) is 15.9. The van der Waals surface area contributed by atoms with Crippen LogP contribution in [-0.4, -0.2) is 38.3 Å². The number of ether oxygens (including phenoxy) is 2. The zero-order chi connectivity index (χ0) is 15.9. The van der Waals surface area contributed by atoms with Crippen molar-refractivity contribution < 1.29 is 14.3 Å². The lowest BCUT2D eigenvalue weighted by Crippen LogP contribution is -2.37. The Bertz CT molecular complexity index is 522. The van der Waals surface area contributed by atoms with E-state index in [1.165, 1.54) is 0 Å². The molecule has 5 nitrogen and oxygen atoms in total. The Morgan fingerprint density at radius 3 is 2.52 bits per heavy atom. The van der Waals surface area contributed by atoms with E-state index in [9.17, 15) is 4.79 Å². The Morgan fingerprint density at radius 2 is 1.96 bits per heavy atom. The Labute approximate surface area is 152 Å². The van der Waals surface area contributed by atoms with Gasteiger partial charge in [0.2, 0.25) is 5.91 Å². The van der Waals surface area contributed by atoms with Crippen molar-refractivity contribution in [3.63, 3.8) is 0 Å². The van der Waals surface area contributed by atoms with Crippen LogP contribution in [0.15, 0.2) is 16.6 Å². The van der Waals surface area contributed by atoms with E-state index in [0.717, 1.165) is 29.5 Å². The van der Waals surface area contributed by atoms with Gasteiger partial charge in [0.1, 0.15) is 0 Å². The van der Waals surface area contributed by atoms with Crippen LogP contribution in [0.3, 0.4) is 0 Å². The number of hydrogen-bond donors (Lipinski definition) is 2. The molecule has 1 fully saturated rings. The van der Waals surface area contributed by atoms with Gasteiger partial charge in [-0.1, -0.05) is 15.9 Å². The molecule has 0 saturated carbocycles. The summed E-state index contributed by atoms with van der Waals surface area (Å²) in [4.78, 5) is 12.2. The maximum atomic E-state index is 12.2. The number of halogens is 2. The van der Waals surface area contributed by atoms with Crippen LogP contribution in [0.25, 0.3) is 0 Å². The average molecular weight is 408 g/mol. The van der Waals surface area contributed by atoms with E-state index < -0.39 is 0 Å². The molecule has 2 N–H and O–H groups in total. The third kappa shape index (κ3) is 5.86. The van der Waals surface area contributed by atoms with Crippen molar-refractivity contribution in [3.05, 3.63) is 22.2 Å². The molecule has 0 bridgehead atoms. The molecule has 1 saturated heterocycles. The lowest BCUT2D eigenvalue weighted by Gasteiger charge is -2.15. The van der Waals surface area contributed by atoms with Gasteiger partial charge in [0.25, 0.3) is 0 Å². The standard InChI is InChI=1S/C16H23BrN2O3.ClH/c1-3-21-14-7-11(13(17)9-15(14)22-4-2)8-16(20)19-12-5-6-18-10-12;/h7,9,12,18H,3-6,8,10H2,1-2H3,(H,19,20);1H. The minimum Gasteiger partial charge on any atom is -0.490 e. The van der Waals surface area contributed by atoms with Gasteiger partial charge in [0.15, 0.2) is 11.5 Å². The molecule has 1 aliphatic rings. The maximum absolute atomic E-state index is 12.2. The normalized spacial score (nSPS) is 16.6. The third-order valence-corrected chi connectivity index (χ3v) is 4.23. The highest BCUT2D eigenvalue weighted by molar-refractivity contribution is 9.10. The fourth-order valence-electron chi connectivity index (χ4n) is 2.48. The molecule has 0 aromatic heterocycles. The van der Waals surface area contributed by atoms with Gasteiger partial charge in [-0.2, -0.15) is 0 Å². The highest BCUT2D eigenvalue weighted by Gasteiger charge is 2.18. The second kappa shape index (κ2) is 10.0. The largest absolute Gasteiger partial charge is 0.490 e. The fourth-order valence-corrected chi connectivity index (χ4v) is 2.94. The van der Waals surface area contributed by atoms with Crippen molar-refractivity contribution in [2.45, 2.75) is 32.7 Å². The summed E-state index contributed by atoms with van der Waals surface area (Å²) in [6, 6.07) is 3.99. The highest BCUT2D eigenvalue weighted by Crippen LogP contribution is 2.34. The first-order chi connectivity index (χ1) is 10.6. The van der Waals surface area contributed by atoms with Gasteiger partial charge < -0.3 is 20.1 Å². The van der Waals surface area contributed by atoms with Crippen molar-refractivity contribution >= 4 is 34.2 Å². The Balaban J connectivity index is 0.00000264. The summed E-state index contributed by atoms with van der Waals surface area (Å²) in [7, 11) is 0. The first-order valence-electron chi connectivity index (χ1n) is 7.72. The van der Waals surface area contributed by atoms with E-state index >= 15 is 0 Å². The zero-order valence-electron chi connectivity index (χ0n) is 13.5. The minimum atomic E-state index is 0. The molecule has 1 unspecified atom stereocenters. The first-order valence-corrected chi connectivity index (χ1v) is 8.51. The number of rotatable bonds is 7. The molecule has 1 aromatic rings. The van der Waals surface area contributed by atoms with Gasteiger partial charge in [-0.15, -0.1) is 12.4 Å². The quantitative estimate of drug-likeness (QED) is 0.729. The SMILES string of the molecule is CCOc1cc(Br)c(CC(=O)NC2CCNC2)cc1OCC.Cl. The van der Waals surface area contributed by atoms with Gasteiger partial charge in [-0.05, 0) is 44.5 Å². The molecule has 1 aliphatic heterocycles. The summed E-state index contributed by atoms with van der Waals surface area (Å²) in [6.45, 7) is 6.80. The molecule has 1 atom stereocenters. The van der Waals surface area contributed by atoms with Crippen molar-refractivity contribution in [1.29, 1.82) is 0 Å². The van der Waals surface area contributed by atoms with Crippen molar-refractivity contribution in [3.8, 4) is 11.5 Å². The third-order valence-electron chi connectivity index (χ3n) is 3.49. The van der Waals surface area contributed by atoms with E-state index in [-0.39, 0.29) is 24.4 Å². The number of hydrogen-bond acceptors (Lipinski definition) is 4. The van der Waals surface area contributed by atoms with E-state index in [1.54, 1.807) is 0 Å². The predicted octanol–water partition coefficient (Wildman–Crippen LogP) is 2.69. The smallest absolute Gasteiger partial charge is 0.224 e. The summed E-state index contributed by atoms with van der Waals surface area (Å²) in [5.74, 6) is 1.40. The molecule has 0 radical (unpaired) electrons. The summed E-state index contributed by atoms with van der Waals surface area (Å²) in [5, 5.41) is 6.29. The number of amides is 1. The van der Waals surface area contributed by atoms with Crippen LogP contribution >= 0.6 is 28.3 Å². The first kappa shape index (κ1) is 20.1. The molecule has 1 aromatic carbocycles. The van der Waals surface area contributed by atoms with Crippen molar-refractivity contribution in [2.24, 2.45) is 0 Å². The van der Waals surface area contributed by atoms with Gasteiger partial charge in [-0.3, -0.25) is 4.79 Å². The molecule has 1 heterocycles. The molecule has 7 heteroatoms. The second-order valence-electron chi connectivity index (χ2n) is 5.19.